The van der Waals surface area contributed by atoms with Crippen molar-refractivity contribution in [2.45, 2.75) is 26.2 Å². The van der Waals surface area contributed by atoms with Crippen LogP contribution in [0.25, 0.3) is 0 Å². The topological polar surface area (TPSA) is 102 Å². The smallest absolute Gasteiger partial charge is 0.293 e. The largest absolute Gasteiger partial charge is 0.366 e. The lowest BCUT2D eigenvalue weighted by molar-refractivity contribution is -0.384. The summed E-state index contributed by atoms with van der Waals surface area (Å²) >= 11 is 0. The summed E-state index contributed by atoms with van der Waals surface area (Å²) in [6.45, 7) is 4.77. The van der Waals surface area contributed by atoms with Gasteiger partial charge in [-0.15, -0.1) is 0 Å². The van der Waals surface area contributed by atoms with Gasteiger partial charge in [0.2, 0.25) is 0 Å². The summed E-state index contributed by atoms with van der Waals surface area (Å²) in [5, 5.41) is 14.1. The van der Waals surface area contributed by atoms with Crippen molar-refractivity contribution < 1.29 is 9.72 Å². The van der Waals surface area contributed by atoms with E-state index in [2.05, 4.69) is 12.2 Å². The molecule has 23 heavy (non-hydrogen) atoms. The van der Waals surface area contributed by atoms with Crippen molar-refractivity contribution in [1.29, 1.82) is 0 Å². The fraction of sp³-hybridized carbons (Fsp3) is 0.562. The molecular formula is C16H24N4O3. The van der Waals surface area contributed by atoms with E-state index in [1.165, 1.54) is 6.07 Å². The Balaban J connectivity index is 2.18. The van der Waals surface area contributed by atoms with E-state index in [1.807, 2.05) is 4.90 Å². The van der Waals surface area contributed by atoms with E-state index in [-0.39, 0.29) is 11.6 Å². The monoisotopic (exact) mass is 320 g/mol. The van der Waals surface area contributed by atoms with Crippen LogP contribution in [0.4, 0.5) is 11.4 Å². The molecule has 1 aromatic carbocycles. The van der Waals surface area contributed by atoms with E-state index in [0.717, 1.165) is 25.9 Å². The molecule has 1 aromatic rings. The van der Waals surface area contributed by atoms with Gasteiger partial charge in [-0.3, -0.25) is 14.9 Å². The number of anilines is 1. The molecule has 3 N–H and O–H groups in total. The number of nitro benzene ring substituents is 1. The highest BCUT2D eigenvalue weighted by Gasteiger charge is 2.24. The molecule has 0 aromatic heterocycles. The number of nitrogens with two attached hydrogens (primary N) is 1. The number of nitrogens with zero attached hydrogens (tertiary/aromatic N) is 2. The minimum Gasteiger partial charge on any atom is -0.366 e. The highest BCUT2D eigenvalue weighted by molar-refractivity contribution is 5.95. The Kier molecular flexibility index (Phi) is 5.92. The molecule has 2 rings (SSSR count). The molecule has 0 radical (unpaired) electrons. The molecule has 1 aliphatic heterocycles. The maximum absolute atomic E-state index is 12.0. The summed E-state index contributed by atoms with van der Waals surface area (Å²) in [4.78, 5) is 25.1. The number of carbonyl (C=O) groups is 1. The van der Waals surface area contributed by atoms with Gasteiger partial charge in [0.25, 0.3) is 11.6 Å². The van der Waals surface area contributed by atoms with Crippen LogP contribution < -0.4 is 16.0 Å². The van der Waals surface area contributed by atoms with E-state index >= 15 is 0 Å². The standard InChI is InChI=1S/C16H24N4O3/c1-12-5-9-19(10-6-12)14-4-3-13(11-15(14)20(22)23)16(21)18-8-2-7-17/h3-4,11-12H,2,5-10,17H2,1H3,(H,18,21). The first kappa shape index (κ1) is 17.2. The number of nitro groups is 1. The molecular weight excluding hydrogens is 296 g/mol. The number of amides is 1. The zero-order chi connectivity index (χ0) is 16.8. The fourth-order valence-corrected chi connectivity index (χ4v) is 2.73. The number of hydrogen-bond donors (Lipinski definition) is 2. The molecule has 0 unspecified atom stereocenters. The molecule has 1 heterocycles. The van der Waals surface area contributed by atoms with Crippen molar-refractivity contribution in [3.8, 4) is 0 Å². The minimum absolute atomic E-state index is 0.00831. The van der Waals surface area contributed by atoms with E-state index in [1.54, 1.807) is 12.1 Å². The average molecular weight is 320 g/mol. The number of hydrogen-bond acceptors (Lipinski definition) is 5. The Labute approximate surface area is 136 Å². The molecule has 1 fully saturated rings. The quantitative estimate of drug-likeness (QED) is 0.473. The zero-order valence-corrected chi connectivity index (χ0v) is 13.5. The SMILES string of the molecule is CC1CCN(c2ccc(C(=O)NCCCN)cc2[N+](=O)[O-])CC1. The van der Waals surface area contributed by atoms with Gasteiger partial charge in [0.1, 0.15) is 5.69 Å². The molecule has 0 saturated carbocycles. The van der Waals surface area contributed by atoms with Crippen LogP contribution in [0.5, 0.6) is 0 Å². The lowest BCUT2D eigenvalue weighted by Gasteiger charge is -2.31. The molecule has 1 amide bonds. The van der Waals surface area contributed by atoms with Crippen LogP contribution in [0.15, 0.2) is 18.2 Å². The van der Waals surface area contributed by atoms with Crippen LogP contribution in [0, 0.1) is 16.0 Å². The Morgan fingerprint density at radius 1 is 1.43 bits per heavy atom. The first-order valence-electron chi connectivity index (χ1n) is 8.04. The second-order valence-corrected chi connectivity index (χ2v) is 6.03. The summed E-state index contributed by atoms with van der Waals surface area (Å²) in [5.74, 6) is 0.346. The molecule has 7 nitrogen and oxygen atoms in total. The van der Waals surface area contributed by atoms with E-state index in [0.29, 0.717) is 36.7 Å². The van der Waals surface area contributed by atoms with Crippen molar-refractivity contribution >= 4 is 17.3 Å². The number of rotatable bonds is 6. The normalized spacial score (nSPS) is 15.5. The van der Waals surface area contributed by atoms with E-state index in [4.69, 9.17) is 5.73 Å². The third-order valence-corrected chi connectivity index (χ3v) is 4.23. The molecule has 1 aliphatic rings. The summed E-state index contributed by atoms with van der Waals surface area (Å²) < 4.78 is 0. The van der Waals surface area contributed by atoms with Gasteiger partial charge in [0.15, 0.2) is 0 Å². The Bertz CT molecular complexity index is 568. The van der Waals surface area contributed by atoms with Crippen LogP contribution in [0.2, 0.25) is 0 Å². The van der Waals surface area contributed by atoms with Gasteiger partial charge in [0, 0.05) is 31.3 Å². The number of piperidine rings is 1. The fourth-order valence-electron chi connectivity index (χ4n) is 2.73. The third-order valence-electron chi connectivity index (χ3n) is 4.23. The van der Waals surface area contributed by atoms with E-state index in [9.17, 15) is 14.9 Å². The lowest BCUT2D eigenvalue weighted by atomic mass is 9.98. The minimum atomic E-state index is -0.413. The lowest BCUT2D eigenvalue weighted by Crippen LogP contribution is -2.33. The Morgan fingerprint density at radius 3 is 2.74 bits per heavy atom. The van der Waals surface area contributed by atoms with Gasteiger partial charge in [-0.25, -0.2) is 0 Å². The first-order chi connectivity index (χ1) is 11.0. The molecule has 0 spiro atoms. The summed E-state index contributed by atoms with van der Waals surface area (Å²) in [6, 6.07) is 4.70. The average Bonchev–Trinajstić information content (AvgIpc) is 2.55. The van der Waals surface area contributed by atoms with Crippen LogP contribution in [-0.4, -0.2) is 37.0 Å². The summed E-state index contributed by atoms with van der Waals surface area (Å²) in [5.41, 5.74) is 6.28. The van der Waals surface area contributed by atoms with Gasteiger partial charge in [-0.1, -0.05) is 6.92 Å². The highest BCUT2D eigenvalue weighted by atomic mass is 16.6. The highest BCUT2D eigenvalue weighted by Crippen LogP contribution is 2.32. The van der Waals surface area contributed by atoms with Gasteiger partial charge < -0.3 is 16.0 Å². The Morgan fingerprint density at radius 2 is 2.13 bits per heavy atom. The molecule has 0 aliphatic carbocycles. The van der Waals surface area contributed by atoms with Crippen LogP contribution >= 0.6 is 0 Å². The molecule has 0 atom stereocenters. The van der Waals surface area contributed by atoms with Gasteiger partial charge in [-0.05, 0) is 43.9 Å². The molecule has 1 saturated heterocycles. The molecule has 0 bridgehead atoms. The van der Waals surface area contributed by atoms with Crippen molar-refractivity contribution in [3.63, 3.8) is 0 Å². The second kappa shape index (κ2) is 7.92. The van der Waals surface area contributed by atoms with Gasteiger partial charge in [-0.2, -0.15) is 0 Å². The predicted octanol–water partition coefficient (Wildman–Crippen LogP) is 1.91. The number of nitrogens with one attached hydrogen (secondary N) is 1. The summed E-state index contributed by atoms with van der Waals surface area (Å²) in [7, 11) is 0. The maximum atomic E-state index is 12.0. The predicted molar refractivity (Wildman–Crippen MR) is 89.7 cm³/mol. The molecule has 7 heteroatoms. The van der Waals surface area contributed by atoms with E-state index < -0.39 is 4.92 Å². The van der Waals surface area contributed by atoms with Crippen LogP contribution in [0.1, 0.15) is 36.5 Å². The van der Waals surface area contributed by atoms with Gasteiger partial charge >= 0.3 is 0 Å². The number of carbonyl (C=O) groups excluding carboxylic acids is 1. The first-order valence-corrected chi connectivity index (χ1v) is 8.04. The number of benzene rings is 1. The van der Waals surface area contributed by atoms with Crippen LogP contribution in [-0.2, 0) is 0 Å². The Hall–Kier alpha value is -2.15. The van der Waals surface area contributed by atoms with Crippen molar-refractivity contribution in [1.82, 2.24) is 5.32 Å². The second-order valence-electron chi connectivity index (χ2n) is 6.03. The van der Waals surface area contributed by atoms with Crippen LogP contribution in [0.3, 0.4) is 0 Å². The van der Waals surface area contributed by atoms with Crippen molar-refractivity contribution in [2.24, 2.45) is 11.7 Å². The third kappa shape index (κ3) is 4.41. The van der Waals surface area contributed by atoms with Crippen molar-refractivity contribution in [3.05, 3.63) is 33.9 Å². The maximum Gasteiger partial charge on any atom is 0.293 e. The van der Waals surface area contributed by atoms with Gasteiger partial charge in [0.05, 0.1) is 4.92 Å². The van der Waals surface area contributed by atoms with Crippen molar-refractivity contribution in [2.75, 3.05) is 31.1 Å². The molecule has 126 valence electrons. The zero-order valence-electron chi connectivity index (χ0n) is 13.5. The summed E-state index contributed by atoms with van der Waals surface area (Å²) in [6.07, 6.45) is 2.73.